The number of thioether (sulfide) groups is 2. The maximum Gasteiger partial charge on any atom is 0.416 e. The Morgan fingerprint density at radius 3 is 2.41 bits per heavy atom. The second-order valence-electron chi connectivity index (χ2n) is 6.88. The summed E-state index contributed by atoms with van der Waals surface area (Å²) in [5.74, 6) is 2.25. The average molecular weight is 464 g/mol. The molecule has 0 aliphatic carbocycles. The zero-order chi connectivity index (χ0) is 20.8. The van der Waals surface area contributed by atoms with E-state index in [-0.39, 0.29) is 14.2 Å². The van der Waals surface area contributed by atoms with Gasteiger partial charge in [0.15, 0.2) is 5.13 Å². The fourth-order valence-electron chi connectivity index (χ4n) is 3.52. The van der Waals surface area contributed by atoms with Crippen molar-refractivity contribution in [1.82, 2.24) is 4.98 Å². The van der Waals surface area contributed by atoms with Crippen LogP contribution in [0.2, 0.25) is 0 Å². The molecule has 1 aromatic heterocycles. The van der Waals surface area contributed by atoms with Gasteiger partial charge in [-0.05, 0) is 36.8 Å². The second kappa shape index (κ2) is 7.62. The number of benzene rings is 1. The third-order valence-electron chi connectivity index (χ3n) is 5.03. The molecule has 6 nitrogen and oxygen atoms in total. The number of piperidine rings is 1. The van der Waals surface area contributed by atoms with E-state index in [4.69, 9.17) is 0 Å². The molecule has 29 heavy (non-hydrogen) atoms. The first-order valence-corrected chi connectivity index (χ1v) is 11.7. The third kappa shape index (κ3) is 4.06. The first-order valence-electron chi connectivity index (χ1n) is 8.92. The molecule has 0 radical (unpaired) electrons. The molecule has 0 bridgehead atoms. The summed E-state index contributed by atoms with van der Waals surface area (Å²) >= 11 is 4.83. The van der Waals surface area contributed by atoms with Crippen LogP contribution in [0.15, 0.2) is 16.9 Å². The molecule has 0 unspecified atom stereocenters. The molecule has 2 aliphatic heterocycles. The summed E-state index contributed by atoms with van der Waals surface area (Å²) in [5, 5.41) is 11.4. The number of non-ortho nitro benzene ring substituents is 1. The molecule has 0 N–H and O–H groups in total. The highest BCUT2D eigenvalue weighted by molar-refractivity contribution is 8.18. The fourth-order valence-corrected chi connectivity index (χ4v) is 7.92. The summed E-state index contributed by atoms with van der Waals surface area (Å²) in [6.07, 6.45) is -1.79. The van der Waals surface area contributed by atoms with Gasteiger partial charge in [0.1, 0.15) is 4.70 Å². The van der Waals surface area contributed by atoms with Crippen LogP contribution in [0.25, 0.3) is 10.1 Å². The lowest BCUT2D eigenvalue weighted by molar-refractivity contribution is -0.383. The first-order chi connectivity index (χ1) is 13.7. The number of hydrogen-bond acceptors (Lipinski definition) is 8. The summed E-state index contributed by atoms with van der Waals surface area (Å²) in [5.41, 5.74) is -2.81. The van der Waals surface area contributed by atoms with Gasteiger partial charge >= 0.3 is 6.18 Å². The number of hydrogen-bond donors (Lipinski definition) is 0. The van der Waals surface area contributed by atoms with Gasteiger partial charge in [0.25, 0.3) is 11.2 Å². The summed E-state index contributed by atoms with van der Waals surface area (Å²) in [6, 6.07) is 1.14. The maximum atomic E-state index is 13.1. The van der Waals surface area contributed by atoms with Crippen LogP contribution < -0.4 is 10.5 Å². The van der Waals surface area contributed by atoms with Gasteiger partial charge in [0, 0.05) is 19.2 Å². The number of alkyl halides is 3. The number of fused-ring (bicyclic) bond motifs is 1. The quantitative estimate of drug-likeness (QED) is 0.470. The molecular formula is C17H16F3N3O3S3. The maximum absolute atomic E-state index is 13.1. The molecule has 2 fully saturated rings. The highest BCUT2D eigenvalue weighted by Gasteiger charge is 2.38. The molecule has 0 amide bonds. The molecule has 156 valence electrons. The number of nitro benzene ring substituents is 1. The second-order valence-corrected chi connectivity index (χ2v) is 11.1. The summed E-state index contributed by atoms with van der Waals surface area (Å²) in [7, 11) is 0. The Hall–Kier alpha value is -1.53. The van der Waals surface area contributed by atoms with Crippen LogP contribution >= 0.6 is 34.9 Å². The van der Waals surface area contributed by atoms with E-state index >= 15 is 0 Å². The molecule has 2 aliphatic rings. The Labute approximate surface area is 176 Å². The largest absolute Gasteiger partial charge is 0.416 e. The van der Waals surface area contributed by atoms with Crippen LogP contribution in [0.5, 0.6) is 0 Å². The van der Waals surface area contributed by atoms with E-state index in [1.54, 1.807) is 0 Å². The molecular weight excluding hydrogens is 447 g/mol. The molecule has 2 saturated heterocycles. The van der Waals surface area contributed by atoms with E-state index in [0.29, 0.717) is 30.4 Å². The topological polar surface area (TPSA) is 76.3 Å². The standard InChI is InChI=1S/C17H16F3N3O3S3/c18-17(19,20)10-8-11-13(12(9-10)23(25)26)29-15(21-14(11)24)22-4-2-16(3-5-22)27-6-1-7-28-16/h8-9H,1-7H2. The molecule has 3 heterocycles. The Morgan fingerprint density at radius 2 is 1.83 bits per heavy atom. The van der Waals surface area contributed by atoms with Crippen LogP contribution in [-0.4, -0.2) is 38.6 Å². The van der Waals surface area contributed by atoms with Crippen LogP contribution in [0, 0.1) is 10.1 Å². The Kier molecular flexibility index (Phi) is 5.45. The van der Waals surface area contributed by atoms with Crippen molar-refractivity contribution in [3.8, 4) is 0 Å². The number of nitrogens with zero attached hydrogens (tertiary/aromatic N) is 3. The van der Waals surface area contributed by atoms with Crippen molar-refractivity contribution in [3.05, 3.63) is 38.2 Å². The first kappa shape index (κ1) is 20.7. The van der Waals surface area contributed by atoms with E-state index in [9.17, 15) is 28.1 Å². The minimum absolute atomic E-state index is 0.0697. The average Bonchev–Trinajstić information content (AvgIpc) is 2.67. The van der Waals surface area contributed by atoms with E-state index in [0.717, 1.165) is 35.7 Å². The lowest BCUT2D eigenvalue weighted by Crippen LogP contribution is -2.42. The van der Waals surface area contributed by atoms with E-state index in [1.165, 1.54) is 6.42 Å². The SMILES string of the molecule is O=c1nc(N2CCC3(CC2)SCCCS3)sc2c([N+](=O)[O-])cc(C(F)(F)F)cc12. The number of nitro groups is 1. The lowest BCUT2D eigenvalue weighted by Gasteiger charge is -2.43. The predicted molar refractivity (Wildman–Crippen MR) is 111 cm³/mol. The van der Waals surface area contributed by atoms with Crippen molar-refractivity contribution in [3.63, 3.8) is 0 Å². The molecule has 0 atom stereocenters. The van der Waals surface area contributed by atoms with Crippen molar-refractivity contribution in [2.45, 2.75) is 29.5 Å². The molecule has 1 aromatic carbocycles. The van der Waals surface area contributed by atoms with Crippen molar-refractivity contribution in [1.29, 1.82) is 0 Å². The monoisotopic (exact) mass is 463 g/mol. The number of anilines is 1. The lowest BCUT2D eigenvalue weighted by atomic mass is 10.1. The third-order valence-corrected chi connectivity index (χ3v) is 9.76. The summed E-state index contributed by atoms with van der Waals surface area (Å²) < 4.78 is 39.3. The van der Waals surface area contributed by atoms with Gasteiger partial charge in [-0.3, -0.25) is 14.9 Å². The van der Waals surface area contributed by atoms with Crippen LogP contribution in [0.4, 0.5) is 24.0 Å². The van der Waals surface area contributed by atoms with Gasteiger partial charge in [-0.2, -0.15) is 18.2 Å². The Morgan fingerprint density at radius 1 is 1.17 bits per heavy atom. The molecule has 12 heteroatoms. The smallest absolute Gasteiger partial charge is 0.348 e. The Balaban J connectivity index is 1.71. The van der Waals surface area contributed by atoms with Crippen molar-refractivity contribution < 1.29 is 18.1 Å². The highest BCUT2D eigenvalue weighted by atomic mass is 32.2. The predicted octanol–water partition coefficient (Wildman–Crippen LogP) is 4.75. The van der Waals surface area contributed by atoms with Crippen molar-refractivity contribution in [2.24, 2.45) is 0 Å². The zero-order valence-electron chi connectivity index (χ0n) is 15.0. The normalized spacial score (nSPS) is 19.6. The minimum Gasteiger partial charge on any atom is -0.348 e. The molecule has 4 rings (SSSR count). The van der Waals surface area contributed by atoms with Gasteiger partial charge in [-0.25, -0.2) is 0 Å². The van der Waals surface area contributed by atoms with Gasteiger partial charge in [-0.1, -0.05) is 11.3 Å². The van der Waals surface area contributed by atoms with Gasteiger partial charge in [0.2, 0.25) is 0 Å². The van der Waals surface area contributed by atoms with Gasteiger partial charge in [0.05, 0.1) is 20.0 Å². The van der Waals surface area contributed by atoms with Crippen LogP contribution in [0.3, 0.4) is 0 Å². The van der Waals surface area contributed by atoms with E-state index < -0.39 is 27.9 Å². The molecule has 1 spiro atoms. The number of aromatic nitrogens is 1. The van der Waals surface area contributed by atoms with Gasteiger partial charge in [-0.15, -0.1) is 23.5 Å². The number of rotatable bonds is 2. The minimum atomic E-state index is -4.79. The number of halogens is 3. The zero-order valence-corrected chi connectivity index (χ0v) is 17.5. The van der Waals surface area contributed by atoms with E-state index in [1.807, 2.05) is 28.4 Å². The fraction of sp³-hybridized carbons (Fsp3) is 0.529. The Bertz CT molecular complexity index is 1010. The molecule has 0 saturated carbocycles. The molecule has 2 aromatic rings. The van der Waals surface area contributed by atoms with E-state index in [2.05, 4.69) is 4.98 Å². The van der Waals surface area contributed by atoms with Crippen molar-refractivity contribution in [2.75, 3.05) is 29.5 Å². The van der Waals surface area contributed by atoms with Crippen molar-refractivity contribution >= 4 is 55.8 Å². The van der Waals surface area contributed by atoms with Crippen LogP contribution in [0.1, 0.15) is 24.8 Å². The van der Waals surface area contributed by atoms with Gasteiger partial charge < -0.3 is 4.90 Å². The van der Waals surface area contributed by atoms with Crippen LogP contribution in [-0.2, 0) is 6.18 Å². The summed E-state index contributed by atoms with van der Waals surface area (Å²) in [4.78, 5) is 28.9. The highest BCUT2D eigenvalue weighted by Crippen LogP contribution is 2.49. The summed E-state index contributed by atoms with van der Waals surface area (Å²) in [6.45, 7) is 1.31.